The lowest BCUT2D eigenvalue weighted by Crippen LogP contribution is -3.19. The topological polar surface area (TPSA) is 79.9 Å². The minimum atomic E-state index is -0.378. The summed E-state index contributed by atoms with van der Waals surface area (Å²) < 4.78 is 0. The lowest BCUT2D eigenvalue weighted by Gasteiger charge is -2.36. The Morgan fingerprint density at radius 2 is 1.84 bits per heavy atom. The highest BCUT2D eigenvalue weighted by Gasteiger charge is 2.30. The fourth-order valence-corrected chi connectivity index (χ4v) is 3.85. The number of carbonyl (C=O) groups is 1. The van der Waals surface area contributed by atoms with Crippen LogP contribution in [0.15, 0.2) is 24.3 Å². The highest BCUT2D eigenvalue weighted by Crippen LogP contribution is 2.19. The first-order chi connectivity index (χ1) is 12.0. The minimum absolute atomic E-state index is 0.0281. The molecule has 1 atom stereocenters. The van der Waals surface area contributed by atoms with Crippen molar-refractivity contribution in [3.63, 3.8) is 0 Å². The van der Waals surface area contributed by atoms with E-state index in [0.717, 1.165) is 44.7 Å². The third-order valence-corrected chi connectivity index (χ3v) is 5.54. The molecule has 1 aromatic carbocycles. The number of nitrogens with zero attached hydrogens (tertiary/aromatic N) is 2. The largest absolute Gasteiger partial charge is 0.360 e. The van der Waals surface area contributed by atoms with Gasteiger partial charge in [0.2, 0.25) is 0 Å². The van der Waals surface area contributed by atoms with Crippen molar-refractivity contribution in [3.05, 3.63) is 34.4 Å². The van der Waals surface area contributed by atoms with Crippen molar-refractivity contribution in [2.24, 2.45) is 0 Å². The van der Waals surface area contributed by atoms with Crippen molar-refractivity contribution < 1.29 is 14.6 Å². The van der Waals surface area contributed by atoms with E-state index in [9.17, 15) is 14.9 Å². The number of carbonyl (C=O) groups excluding carboxylic acids is 1. The van der Waals surface area contributed by atoms with E-state index in [4.69, 9.17) is 0 Å². The van der Waals surface area contributed by atoms with Gasteiger partial charge in [-0.05, 0) is 31.9 Å². The van der Waals surface area contributed by atoms with Gasteiger partial charge in [0.15, 0.2) is 6.04 Å². The van der Waals surface area contributed by atoms with Crippen molar-refractivity contribution in [2.75, 3.05) is 31.1 Å². The minimum Gasteiger partial charge on any atom is -0.360 e. The molecular formula is C18H27N4O3+. The molecule has 1 aromatic rings. The first-order valence-corrected chi connectivity index (χ1v) is 9.19. The molecule has 136 valence electrons. The van der Waals surface area contributed by atoms with Gasteiger partial charge in [-0.25, -0.2) is 0 Å². The number of amides is 1. The summed E-state index contributed by atoms with van der Waals surface area (Å²) in [5, 5.41) is 13.9. The molecule has 1 heterocycles. The number of anilines is 1. The van der Waals surface area contributed by atoms with E-state index in [-0.39, 0.29) is 22.6 Å². The standard InChI is InChI=1S/C18H26N4O3/c1-14(18(23)19-15-4-2-3-5-15)20-10-12-21(13-11-20)16-6-8-17(9-7-16)22(24)25/h6-9,14-15H,2-5,10-13H2,1H3,(H,19,23)/p+1/t14-/m1/s1. The Morgan fingerprint density at radius 1 is 1.24 bits per heavy atom. The van der Waals surface area contributed by atoms with Gasteiger partial charge in [0.1, 0.15) is 0 Å². The van der Waals surface area contributed by atoms with Crippen LogP contribution in [0.1, 0.15) is 32.6 Å². The van der Waals surface area contributed by atoms with Crippen molar-refractivity contribution in [1.29, 1.82) is 0 Å². The predicted octanol–water partition coefficient (Wildman–Crippen LogP) is 0.747. The van der Waals surface area contributed by atoms with Gasteiger partial charge in [0, 0.05) is 23.9 Å². The molecule has 0 spiro atoms. The van der Waals surface area contributed by atoms with Crippen molar-refractivity contribution in [3.8, 4) is 0 Å². The van der Waals surface area contributed by atoms with Crippen LogP contribution in [0.25, 0.3) is 0 Å². The van der Waals surface area contributed by atoms with Crippen LogP contribution in [0.4, 0.5) is 11.4 Å². The average Bonchev–Trinajstić information content (AvgIpc) is 3.14. The highest BCUT2D eigenvalue weighted by molar-refractivity contribution is 5.80. The normalized spacial score (nSPS) is 20.4. The van der Waals surface area contributed by atoms with Gasteiger partial charge in [0.05, 0.1) is 31.1 Å². The van der Waals surface area contributed by atoms with Gasteiger partial charge < -0.3 is 15.1 Å². The summed E-state index contributed by atoms with van der Waals surface area (Å²) in [4.78, 5) is 26.4. The lowest BCUT2D eigenvalue weighted by molar-refractivity contribution is -0.914. The molecule has 1 aliphatic carbocycles. The van der Waals surface area contributed by atoms with Gasteiger partial charge >= 0.3 is 0 Å². The van der Waals surface area contributed by atoms with Crippen LogP contribution in [0.3, 0.4) is 0 Å². The molecule has 2 fully saturated rings. The maximum Gasteiger partial charge on any atom is 0.278 e. The predicted molar refractivity (Wildman–Crippen MR) is 95.9 cm³/mol. The zero-order valence-electron chi connectivity index (χ0n) is 14.7. The van der Waals surface area contributed by atoms with E-state index in [2.05, 4.69) is 10.2 Å². The lowest BCUT2D eigenvalue weighted by atomic mass is 10.1. The van der Waals surface area contributed by atoms with Crippen LogP contribution in [0.2, 0.25) is 0 Å². The number of hydrogen-bond acceptors (Lipinski definition) is 4. The second-order valence-corrected chi connectivity index (χ2v) is 7.13. The highest BCUT2D eigenvalue weighted by atomic mass is 16.6. The molecule has 7 nitrogen and oxygen atoms in total. The van der Waals surface area contributed by atoms with Crippen molar-refractivity contribution >= 4 is 17.3 Å². The SMILES string of the molecule is C[C@H](C(=O)NC1CCCC1)[NH+]1CCN(c2ccc([N+](=O)[O-])cc2)CC1. The number of nitro groups is 1. The molecule has 1 saturated carbocycles. The number of piperazine rings is 1. The van der Waals surface area contributed by atoms with E-state index < -0.39 is 0 Å². The first-order valence-electron chi connectivity index (χ1n) is 9.19. The van der Waals surface area contributed by atoms with Crippen LogP contribution in [-0.2, 0) is 4.79 Å². The second-order valence-electron chi connectivity index (χ2n) is 7.13. The molecule has 2 aliphatic rings. The molecule has 0 radical (unpaired) electrons. The summed E-state index contributed by atoms with van der Waals surface area (Å²) >= 11 is 0. The van der Waals surface area contributed by atoms with E-state index in [1.54, 1.807) is 24.3 Å². The molecule has 1 saturated heterocycles. The quantitative estimate of drug-likeness (QED) is 0.608. The smallest absolute Gasteiger partial charge is 0.278 e. The summed E-state index contributed by atoms with van der Waals surface area (Å²) in [6.07, 6.45) is 4.67. The van der Waals surface area contributed by atoms with Gasteiger partial charge in [-0.15, -0.1) is 0 Å². The van der Waals surface area contributed by atoms with Gasteiger partial charge in [-0.3, -0.25) is 14.9 Å². The molecule has 1 aliphatic heterocycles. The Balaban J connectivity index is 1.50. The van der Waals surface area contributed by atoms with E-state index >= 15 is 0 Å². The van der Waals surface area contributed by atoms with Crippen molar-refractivity contribution in [2.45, 2.75) is 44.7 Å². The zero-order valence-corrected chi connectivity index (χ0v) is 14.7. The number of nitro benzene ring substituents is 1. The number of nitrogens with one attached hydrogen (secondary N) is 2. The van der Waals surface area contributed by atoms with Crippen LogP contribution >= 0.6 is 0 Å². The number of hydrogen-bond donors (Lipinski definition) is 2. The molecule has 0 aromatic heterocycles. The summed E-state index contributed by atoms with van der Waals surface area (Å²) in [5.74, 6) is 0.172. The van der Waals surface area contributed by atoms with Gasteiger partial charge in [-0.2, -0.15) is 0 Å². The number of non-ortho nitro benzene ring substituents is 1. The van der Waals surface area contributed by atoms with Crippen LogP contribution in [0, 0.1) is 10.1 Å². The van der Waals surface area contributed by atoms with Gasteiger partial charge in [-0.1, -0.05) is 12.8 Å². The van der Waals surface area contributed by atoms with E-state index in [0.29, 0.717) is 6.04 Å². The molecule has 25 heavy (non-hydrogen) atoms. The Bertz CT molecular complexity index is 605. The Morgan fingerprint density at radius 3 is 2.40 bits per heavy atom. The van der Waals surface area contributed by atoms with Crippen LogP contribution in [0.5, 0.6) is 0 Å². The number of quaternary nitrogens is 1. The monoisotopic (exact) mass is 347 g/mol. The molecule has 3 rings (SSSR count). The Kier molecular flexibility index (Phi) is 5.53. The van der Waals surface area contributed by atoms with Gasteiger partial charge in [0.25, 0.3) is 11.6 Å². The van der Waals surface area contributed by atoms with Crippen LogP contribution < -0.4 is 15.1 Å². The number of rotatable bonds is 5. The average molecular weight is 347 g/mol. The molecule has 2 N–H and O–H groups in total. The zero-order chi connectivity index (χ0) is 17.8. The molecule has 7 heteroatoms. The third kappa shape index (κ3) is 4.28. The summed E-state index contributed by atoms with van der Waals surface area (Å²) in [5.41, 5.74) is 1.12. The molecule has 0 unspecified atom stereocenters. The van der Waals surface area contributed by atoms with E-state index in [1.165, 1.54) is 17.7 Å². The molecule has 1 amide bonds. The maximum atomic E-state index is 12.4. The summed E-state index contributed by atoms with van der Waals surface area (Å²) in [6, 6.07) is 7.05. The molecule has 0 bridgehead atoms. The fourth-order valence-electron chi connectivity index (χ4n) is 3.85. The Labute approximate surface area is 148 Å². The fraction of sp³-hybridized carbons (Fsp3) is 0.611. The summed E-state index contributed by atoms with van der Waals surface area (Å²) in [6.45, 7) is 5.52. The van der Waals surface area contributed by atoms with Crippen molar-refractivity contribution in [1.82, 2.24) is 5.32 Å². The maximum absolute atomic E-state index is 12.4. The summed E-state index contributed by atoms with van der Waals surface area (Å²) in [7, 11) is 0. The second kappa shape index (κ2) is 7.82. The first kappa shape index (κ1) is 17.7. The molecular weight excluding hydrogens is 320 g/mol. The van der Waals surface area contributed by atoms with Crippen LogP contribution in [-0.4, -0.2) is 49.1 Å². The Hall–Kier alpha value is -2.15. The van der Waals surface area contributed by atoms with E-state index in [1.807, 2.05) is 6.92 Å². The third-order valence-electron chi connectivity index (χ3n) is 5.54. The number of benzene rings is 1.